The monoisotopic (exact) mass is 280 g/mol. The highest BCUT2D eigenvalue weighted by Crippen LogP contribution is 2.06. The molecule has 0 radical (unpaired) electrons. The number of carboxylic acid groups (broad SMARTS) is 1. The molecule has 1 heterocycles. The summed E-state index contributed by atoms with van der Waals surface area (Å²) in [5.41, 5.74) is 0. The van der Waals surface area contributed by atoms with Gasteiger partial charge in [0.2, 0.25) is 15.9 Å². The van der Waals surface area contributed by atoms with Gasteiger partial charge in [0, 0.05) is 19.5 Å². The topological polar surface area (TPSA) is 113 Å². The van der Waals surface area contributed by atoms with Crippen molar-refractivity contribution in [1.29, 1.82) is 0 Å². The zero-order valence-corrected chi connectivity index (χ0v) is 10.6. The molecule has 0 spiro atoms. The van der Waals surface area contributed by atoms with Crippen molar-refractivity contribution in [2.24, 2.45) is 0 Å². The van der Waals surface area contributed by atoms with E-state index in [0.717, 1.165) is 0 Å². The number of morpholine rings is 1. The fraction of sp³-hybridized carbons (Fsp3) is 0.778. The number of nitrogens with zero attached hydrogens (tertiary/aromatic N) is 1. The number of ether oxygens (including phenoxy) is 1. The molecule has 0 aromatic rings. The number of amides is 1. The number of rotatable bonds is 6. The highest BCUT2D eigenvalue weighted by molar-refractivity contribution is 7.89. The Morgan fingerprint density at radius 2 is 1.89 bits per heavy atom. The zero-order valence-electron chi connectivity index (χ0n) is 9.79. The van der Waals surface area contributed by atoms with Gasteiger partial charge in [0.05, 0.1) is 19.0 Å². The summed E-state index contributed by atoms with van der Waals surface area (Å²) >= 11 is 0. The minimum Gasteiger partial charge on any atom is -0.480 e. The maximum atomic E-state index is 11.8. The number of hydrogen-bond donors (Lipinski definition) is 2. The maximum absolute atomic E-state index is 11.8. The van der Waals surface area contributed by atoms with Crippen LogP contribution in [-0.4, -0.2) is 68.3 Å². The SMILES string of the molecule is O=C(O)CNC(=O)CCS(=O)(=O)N1CCOCC1. The molecular formula is C9H16N2O6S. The molecule has 0 unspecified atom stereocenters. The van der Waals surface area contributed by atoms with E-state index in [1.165, 1.54) is 4.31 Å². The van der Waals surface area contributed by atoms with Gasteiger partial charge in [-0.2, -0.15) is 4.31 Å². The fourth-order valence-corrected chi connectivity index (χ4v) is 2.85. The molecule has 9 heteroatoms. The van der Waals surface area contributed by atoms with Crippen molar-refractivity contribution >= 4 is 21.9 Å². The van der Waals surface area contributed by atoms with Crippen LogP contribution in [0.1, 0.15) is 6.42 Å². The molecule has 8 nitrogen and oxygen atoms in total. The van der Waals surface area contributed by atoms with E-state index >= 15 is 0 Å². The number of hydrogen-bond acceptors (Lipinski definition) is 5. The molecule has 1 aliphatic rings. The van der Waals surface area contributed by atoms with E-state index in [0.29, 0.717) is 26.3 Å². The molecule has 0 aromatic carbocycles. The van der Waals surface area contributed by atoms with Crippen molar-refractivity contribution in [2.45, 2.75) is 6.42 Å². The van der Waals surface area contributed by atoms with Gasteiger partial charge in [-0.3, -0.25) is 9.59 Å². The first-order chi connectivity index (χ1) is 8.42. The summed E-state index contributed by atoms with van der Waals surface area (Å²) in [7, 11) is -3.47. The lowest BCUT2D eigenvalue weighted by molar-refractivity contribution is -0.137. The van der Waals surface area contributed by atoms with Crippen LogP contribution in [-0.2, 0) is 24.3 Å². The Labute approximate surface area is 105 Å². The Hall–Kier alpha value is -1.19. The van der Waals surface area contributed by atoms with Crippen LogP contribution in [0.25, 0.3) is 0 Å². The molecule has 2 N–H and O–H groups in total. The molecule has 1 rings (SSSR count). The third kappa shape index (κ3) is 4.98. The summed E-state index contributed by atoms with van der Waals surface area (Å²) in [5.74, 6) is -2.08. The maximum Gasteiger partial charge on any atom is 0.322 e. The first-order valence-electron chi connectivity index (χ1n) is 5.46. The number of carbonyl (C=O) groups excluding carboxylic acids is 1. The van der Waals surface area contributed by atoms with Crippen molar-refractivity contribution < 1.29 is 27.9 Å². The average molecular weight is 280 g/mol. The Bertz CT molecular complexity index is 401. The van der Waals surface area contributed by atoms with Crippen molar-refractivity contribution in [1.82, 2.24) is 9.62 Å². The Morgan fingerprint density at radius 3 is 2.44 bits per heavy atom. The molecule has 1 aliphatic heterocycles. The number of nitrogens with one attached hydrogen (secondary N) is 1. The molecule has 18 heavy (non-hydrogen) atoms. The van der Waals surface area contributed by atoms with E-state index in [-0.39, 0.29) is 12.2 Å². The first kappa shape index (κ1) is 14.9. The van der Waals surface area contributed by atoms with Gasteiger partial charge in [-0.25, -0.2) is 8.42 Å². The third-order valence-electron chi connectivity index (χ3n) is 2.39. The minimum absolute atomic E-state index is 0.243. The minimum atomic E-state index is -3.47. The Kier molecular flexibility index (Phi) is 5.51. The number of aliphatic carboxylic acids is 1. The summed E-state index contributed by atoms with van der Waals surface area (Å²) in [6.07, 6.45) is -0.243. The highest BCUT2D eigenvalue weighted by Gasteiger charge is 2.24. The lowest BCUT2D eigenvalue weighted by Gasteiger charge is -2.25. The van der Waals surface area contributed by atoms with Gasteiger partial charge in [-0.05, 0) is 0 Å². The predicted molar refractivity (Wildman–Crippen MR) is 61.4 cm³/mol. The molecule has 1 saturated heterocycles. The van der Waals surface area contributed by atoms with Gasteiger partial charge < -0.3 is 15.2 Å². The van der Waals surface area contributed by atoms with E-state index < -0.39 is 28.4 Å². The Morgan fingerprint density at radius 1 is 1.28 bits per heavy atom. The van der Waals surface area contributed by atoms with Crippen molar-refractivity contribution in [3.05, 3.63) is 0 Å². The summed E-state index contributed by atoms with van der Waals surface area (Å²) in [5, 5.41) is 10.5. The van der Waals surface area contributed by atoms with Crippen molar-refractivity contribution in [2.75, 3.05) is 38.6 Å². The fourth-order valence-electron chi connectivity index (χ4n) is 1.44. The van der Waals surface area contributed by atoms with Gasteiger partial charge in [-0.15, -0.1) is 0 Å². The van der Waals surface area contributed by atoms with Crippen LogP contribution in [0.4, 0.5) is 0 Å². The normalized spacial score (nSPS) is 17.3. The van der Waals surface area contributed by atoms with Gasteiger partial charge in [0.25, 0.3) is 0 Å². The van der Waals surface area contributed by atoms with E-state index in [2.05, 4.69) is 5.32 Å². The first-order valence-corrected chi connectivity index (χ1v) is 7.07. The van der Waals surface area contributed by atoms with Crippen LogP contribution in [0.15, 0.2) is 0 Å². The molecule has 0 saturated carbocycles. The van der Waals surface area contributed by atoms with Gasteiger partial charge in [0.1, 0.15) is 6.54 Å². The second-order valence-corrected chi connectivity index (χ2v) is 5.84. The van der Waals surface area contributed by atoms with E-state index in [1.54, 1.807) is 0 Å². The lowest BCUT2D eigenvalue weighted by Crippen LogP contribution is -2.42. The van der Waals surface area contributed by atoms with Crippen LogP contribution >= 0.6 is 0 Å². The largest absolute Gasteiger partial charge is 0.480 e. The second kappa shape index (κ2) is 6.66. The molecule has 1 fully saturated rings. The summed E-state index contributed by atoms with van der Waals surface area (Å²) in [6.45, 7) is 0.781. The van der Waals surface area contributed by atoms with Crippen LogP contribution in [0, 0.1) is 0 Å². The quantitative estimate of drug-likeness (QED) is 0.596. The van der Waals surface area contributed by atoms with Crippen molar-refractivity contribution in [3.63, 3.8) is 0 Å². The van der Waals surface area contributed by atoms with Crippen LogP contribution in [0.5, 0.6) is 0 Å². The van der Waals surface area contributed by atoms with Crippen molar-refractivity contribution in [3.8, 4) is 0 Å². The van der Waals surface area contributed by atoms with Gasteiger partial charge >= 0.3 is 5.97 Å². The Balaban J connectivity index is 2.36. The zero-order chi connectivity index (χ0) is 13.6. The molecule has 0 bridgehead atoms. The predicted octanol–water partition coefficient (Wildman–Crippen LogP) is -1.76. The lowest BCUT2D eigenvalue weighted by atomic mass is 10.4. The molecule has 0 aliphatic carbocycles. The smallest absolute Gasteiger partial charge is 0.322 e. The number of carbonyl (C=O) groups is 2. The molecule has 104 valence electrons. The summed E-state index contributed by atoms with van der Waals surface area (Å²) in [6, 6.07) is 0. The van der Waals surface area contributed by atoms with E-state index in [9.17, 15) is 18.0 Å². The molecular weight excluding hydrogens is 264 g/mol. The average Bonchev–Trinajstić information content (AvgIpc) is 2.35. The van der Waals surface area contributed by atoms with E-state index in [4.69, 9.17) is 9.84 Å². The third-order valence-corrected chi connectivity index (χ3v) is 4.26. The standard InChI is InChI=1S/C9H16N2O6S/c12-8(10-7-9(13)14)1-6-18(15,16)11-2-4-17-5-3-11/h1-7H2,(H,10,12)(H,13,14). The van der Waals surface area contributed by atoms with Gasteiger partial charge in [0.15, 0.2) is 0 Å². The second-order valence-electron chi connectivity index (χ2n) is 3.75. The highest BCUT2D eigenvalue weighted by atomic mass is 32.2. The van der Waals surface area contributed by atoms with Crippen LogP contribution in [0.3, 0.4) is 0 Å². The molecule has 0 aromatic heterocycles. The summed E-state index contributed by atoms with van der Waals surface area (Å²) < 4.78 is 29.9. The number of sulfonamides is 1. The van der Waals surface area contributed by atoms with Crippen LogP contribution < -0.4 is 5.32 Å². The van der Waals surface area contributed by atoms with Gasteiger partial charge in [-0.1, -0.05) is 0 Å². The molecule has 1 amide bonds. The van der Waals surface area contributed by atoms with Crippen LogP contribution in [0.2, 0.25) is 0 Å². The number of carboxylic acids is 1. The van der Waals surface area contributed by atoms with E-state index in [1.807, 2.05) is 0 Å². The summed E-state index contributed by atoms with van der Waals surface area (Å²) in [4.78, 5) is 21.4. The molecule has 0 atom stereocenters.